The Kier molecular flexibility index (Phi) is 4.76. The first kappa shape index (κ1) is 17.8. The molecule has 0 aromatic rings. The predicted octanol–water partition coefficient (Wildman–Crippen LogP) is 1.21. The minimum atomic E-state index is -6.64. The van der Waals surface area contributed by atoms with Gasteiger partial charge in [-0.25, -0.2) is 0 Å². The van der Waals surface area contributed by atoms with Gasteiger partial charge in [0.2, 0.25) is 0 Å². The van der Waals surface area contributed by atoms with Crippen LogP contribution in [0.3, 0.4) is 0 Å². The van der Waals surface area contributed by atoms with Gasteiger partial charge in [-0.05, 0) is 0 Å². The first-order valence-electron chi connectivity index (χ1n) is 4.46. The van der Waals surface area contributed by atoms with Crippen LogP contribution in [0.15, 0.2) is 0 Å². The van der Waals surface area contributed by atoms with E-state index in [0.29, 0.717) is 0 Å². The van der Waals surface area contributed by atoms with Gasteiger partial charge in [0.05, 0.1) is 6.42 Å². The third kappa shape index (κ3) is 3.05. The first-order chi connectivity index (χ1) is 8.27. The molecule has 0 aliphatic heterocycles. The summed E-state index contributed by atoms with van der Waals surface area (Å²) in [6, 6.07) is 0. The monoisotopic (exact) mass is 303 g/mol. The number of aliphatic hydroxyl groups excluding tert-OH is 2. The van der Waals surface area contributed by atoms with E-state index in [2.05, 4.69) is 0 Å². The fraction of sp³-hybridized carbons (Fsp3) is 1.00. The molecule has 0 amide bonds. The Morgan fingerprint density at radius 3 is 1.53 bits per heavy atom. The Hall–Kier alpha value is -1.17. The normalized spacial score (nSPS) is 14.6. The van der Waals surface area contributed by atoms with Crippen molar-refractivity contribution in [1.29, 1.82) is 0 Å². The number of halogens is 7. The van der Waals surface area contributed by atoms with Crippen LogP contribution in [0.2, 0.25) is 0 Å². The first-order valence-corrected chi connectivity index (χ1v) is 4.46. The molecule has 12 heteroatoms. The topological polar surface area (TPSA) is 83.6 Å². The van der Waals surface area contributed by atoms with Crippen LogP contribution < -0.4 is 0 Å². The summed E-state index contributed by atoms with van der Waals surface area (Å²) in [5, 5.41) is 27.4. The van der Waals surface area contributed by atoms with Gasteiger partial charge in [-0.15, -0.1) is 0 Å². The molecule has 114 valence electrons. The number of hydrogen-bond acceptors (Lipinski definition) is 4. The van der Waals surface area contributed by atoms with Gasteiger partial charge in [0.1, 0.15) is 13.2 Å². The third-order valence-corrected chi connectivity index (χ3v) is 2.34. The highest BCUT2D eigenvalue weighted by molar-refractivity contribution is 4.96. The SMILES string of the molecule is O=[N+]([O-])C(CO)(CO)CC(F)(F)C(F)(F)C(F)(F)F. The minimum absolute atomic E-state index is 1.73. The lowest BCUT2D eigenvalue weighted by Gasteiger charge is -2.32. The second-order valence-corrected chi connectivity index (χ2v) is 3.75. The summed E-state index contributed by atoms with van der Waals surface area (Å²) < 4.78 is 86.3. The molecule has 0 atom stereocenters. The Bertz CT molecular complexity index is 339. The molecular formula is C7H8F7NO4. The van der Waals surface area contributed by atoms with Crippen molar-refractivity contribution in [2.24, 2.45) is 0 Å². The van der Waals surface area contributed by atoms with Gasteiger partial charge < -0.3 is 10.2 Å². The van der Waals surface area contributed by atoms with Crippen LogP contribution in [0.4, 0.5) is 30.7 Å². The number of aliphatic hydroxyl groups is 2. The molecule has 0 fully saturated rings. The molecule has 0 bridgehead atoms. The van der Waals surface area contributed by atoms with Crippen molar-refractivity contribution in [1.82, 2.24) is 0 Å². The maximum absolute atomic E-state index is 12.9. The molecule has 0 saturated carbocycles. The molecule has 0 heterocycles. The van der Waals surface area contributed by atoms with Gasteiger partial charge in [0.25, 0.3) is 5.54 Å². The van der Waals surface area contributed by atoms with Crippen LogP contribution in [0.25, 0.3) is 0 Å². The number of rotatable bonds is 6. The number of alkyl halides is 7. The molecule has 0 aromatic carbocycles. The number of nitrogens with zero attached hydrogens (tertiary/aromatic N) is 1. The standard InChI is InChI=1S/C7H8F7NO4/c8-5(9,6(10,11)7(12,13)14)1-4(2-16,3-17)15(18)19/h16-17H,1-3H2. The van der Waals surface area contributed by atoms with Crippen LogP contribution in [0.1, 0.15) is 6.42 Å². The van der Waals surface area contributed by atoms with Crippen LogP contribution in [0.5, 0.6) is 0 Å². The molecule has 0 radical (unpaired) electrons. The second-order valence-electron chi connectivity index (χ2n) is 3.75. The maximum atomic E-state index is 12.9. The van der Waals surface area contributed by atoms with Crippen LogP contribution in [0, 0.1) is 10.1 Å². The van der Waals surface area contributed by atoms with E-state index in [9.17, 15) is 40.8 Å². The molecule has 0 unspecified atom stereocenters. The molecule has 19 heavy (non-hydrogen) atoms. The van der Waals surface area contributed by atoms with E-state index >= 15 is 0 Å². The largest absolute Gasteiger partial charge is 0.459 e. The summed E-state index contributed by atoms with van der Waals surface area (Å²) in [5.74, 6) is -12.4. The quantitative estimate of drug-likeness (QED) is 0.439. The zero-order valence-electron chi connectivity index (χ0n) is 8.93. The van der Waals surface area contributed by atoms with E-state index in [-0.39, 0.29) is 0 Å². The van der Waals surface area contributed by atoms with Crippen molar-refractivity contribution in [3.8, 4) is 0 Å². The van der Waals surface area contributed by atoms with E-state index in [0.717, 1.165) is 0 Å². The van der Waals surface area contributed by atoms with Crippen molar-refractivity contribution >= 4 is 0 Å². The fourth-order valence-electron chi connectivity index (χ4n) is 1.07. The lowest BCUT2D eigenvalue weighted by atomic mass is 9.91. The molecule has 0 saturated heterocycles. The smallest absolute Gasteiger partial charge is 0.389 e. The van der Waals surface area contributed by atoms with Gasteiger partial charge in [-0.3, -0.25) is 10.1 Å². The van der Waals surface area contributed by atoms with Crippen molar-refractivity contribution in [3.63, 3.8) is 0 Å². The highest BCUT2D eigenvalue weighted by Gasteiger charge is 2.75. The number of nitro groups is 1. The van der Waals surface area contributed by atoms with E-state index in [1.807, 2.05) is 0 Å². The van der Waals surface area contributed by atoms with Crippen molar-refractivity contribution in [2.45, 2.75) is 30.0 Å². The summed E-state index contributed by atoms with van der Waals surface area (Å²) in [5.41, 5.74) is -3.40. The van der Waals surface area contributed by atoms with E-state index in [1.54, 1.807) is 0 Å². The van der Waals surface area contributed by atoms with Gasteiger partial charge in [0, 0.05) is 4.92 Å². The zero-order valence-corrected chi connectivity index (χ0v) is 8.93. The van der Waals surface area contributed by atoms with Crippen molar-refractivity contribution in [3.05, 3.63) is 10.1 Å². The van der Waals surface area contributed by atoms with Crippen LogP contribution in [-0.4, -0.2) is 51.9 Å². The highest BCUT2D eigenvalue weighted by atomic mass is 19.4. The molecule has 5 nitrogen and oxygen atoms in total. The van der Waals surface area contributed by atoms with Crippen molar-refractivity contribution in [2.75, 3.05) is 13.2 Å². The molecular weight excluding hydrogens is 295 g/mol. The molecule has 0 spiro atoms. The van der Waals surface area contributed by atoms with E-state index in [1.165, 1.54) is 0 Å². The van der Waals surface area contributed by atoms with Gasteiger partial charge in [-0.1, -0.05) is 0 Å². The summed E-state index contributed by atoms with van der Waals surface area (Å²) in [4.78, 5) is 8.64. The summed E-state index contributed by atoms with van der Waals surface area (Å²) in [7, 11) is 0. The van der Waals surface area contributed by atoms with E-state index in [4.69, 9.17) is 10.2 Å². The summed E-state index contributed by atoms with van der Waals surface area (Å²) in [6.07, 6.45) is -9.31. The third-order valence-electron chi connectivity index (χ3n) is 2.34. The lowest BCUT2D eigenvalue weighted by Crippen LogP contribution is -2.58. The predicted molar refractivity (Wildman–Crippen MR) is 44.5 cm³/mol. The minimum Gasteiger partial charge on any atom is -0.389 e. The maximum Gasteiger partial charge on any atom is 0.459 e. The van der Waals surface area contributed by atoms with Gasteiger partial charge >= 0.3 is 18.0 Å². The Balaban J connectivity index is 5.52. The van der Waals surface area contributed by atoms with Crippen LogP contribution >= 0.6 is 0 Å². The summed E-state index contributed by atoms with van der Waals surface area (Å²) >= 11 is 0. The van der Waals surface area contributed by atoms with Crippen LogP contribution in [-0.2, 0) is 0 Å². The molecule has 0 aromatic heterocycles. The fourth-order valence-corrected chi connectivity index (χ4v) is 1.07. The Labute approximate surface area is 100 Å². The average Bonchev–Trinajstić information content (AvgIpc) is 2.23. The molecule has 2 N–H and O–H groups in total. The van der Waals surface area contributed by atoms with E-state index < -0.39 is 48.1 Å². The molecule has 0 aliphatic carbocycles. The number of hydrogen-bond donors (Lipinski definition) is 2. The zero-order chi connectivity index (χ0) is 15.7. The van der Waals surface area contributed by atoms with Gasteiger partial charge in [-0.2, -0.15) is 30.7 Å². The second kappa shape index (κ2) is 5.07. The summed E-state index contributed by atoms with van der Waals surface area (Å²) in [6.45, 7) is -3.67. The lowest BCUT2D eigenvalue weighted by molar-refractivity contribution is -0.585. The average molecular weight is 303 g/mol. The van der Waals surface area contributed by atoms with Gasteiger partial charge in [0.15, 0.2) is 0 Å². The Morgan fingerprint density at radius 1 is 0.947 bits per heavy atom. The Morgan fingerprint density at radius 2 is 1.32 bits per heavy atom. The van der Waals surface area contributed by atoms with Crippen molar-refractivity contribution < 1.29 is 45.9 Å². The highest BCUT2D eigenvalue weighted by Crippen LogP contribution is 2.49. The molecule has 0 rings (SSSR count). The molecule has 0 aliphatic rings.